The summed E-state index contributed by atoms with van der Waals surface area (Å²) in [5, 5.41) is 16.4. The zero-order valence-electron chi connectivity index (χ0n) is 10.3. The molecule has 0 aromatic heterocycles. The van der Waals surface area contributed by atoms with Crippen molar-refractivity contribution in [1.82, 2.24) is 0 Å². The first-order valence-electron chi connectivity index (χ1n) is 5.20. The van der Waals surface area contributed by atoms with Crippen molar-refractivity contribution < 1.29 is 24.5 Å². The predicted octanol–water partition coefficient (Wildman–Crippen LogP) is 2.06. The summed E-state index contributed by atoms with van der Waals surface area (Å²) in [5.41, 5.74) is 0.954. The quantitative estimate of drug-likeness (QED) is 0.804. The molecule has 0 radical (unpaired) electrons. The van der Waals surface area contributed by atoms with E-state index in [0.29, 0.717) is 0 Å². The van der Waals surface area contributed by atoms with Crippen LogP contribution in [0.1, 0.15) is 19.4 Å². The van der Waals surface area contributed by atoms with Gasteiger partial charge >= 0.3 is 5.97 Å². The second-order valence-corrected chi connectivity index (χ2v) is 3.32. The van der Waals surface area contributed by atoms with Crippen LogP contribution < -0.4 is 0 Å². The largest absolute Gasteiger partial charge is 0.508 e. The third-order valence-corrected chi connectivity index (χ3v) is 1.59. The lowest BCUT2D eigenvalue weighted by Gasteiger charge is -1.96. The molecule has 0 saturated carbocycles. The maximum atomic E-state index is 10.4. The number of phenolic OH excluding ortho intramolecular Hbond substituents is 1. The fourth-order valence-corrected chi connectivity index (χ4v) is 0.935. The van der Waals surface area contributed by atoms with Gasteiger partial charge in [0.1, 0.15) is 12.4 Å². The van der Waals surface area contributed by atoms with E-state index in [4.69, 9.17) is 19.7 Å². The molecule has 1 rings (SSSR count). The minimum absolute atomic E-state index is 0.238. The molecule has 0 spiro atoms. The van der Waals surface area contributed by atoms with Crippen molar-refractivity contribution in [3.63, 3.8) is 0 Å². The Balaban J connectivity index is 0.000000631. The number of ether oxygens (including phenoxy) is 1. The molecule has 1 aromatic carbocycles. The van der Waals surface area contributed by atoms with Gasteiger partial charge in [0.2, 0.25) is 0 Å². The van der Waals surface area contributed by atoms with E-state index in [2.05, 4.69) is 0 Å². The molecule has 2 N–H and O–H groups in total. The SMILES string of the molecule is CC(=O)O.CC(=O)OCC=Cc1ccc(O)cc1. The molecule has 0 fully saturated rings. The zero-order valence-corrected chi connectivity index (χ0v) is 10.3. The first kappa shape index (κ1) is 15.7. The minimum Gasteiger partial charge on any atom is -0.508 e. The van der Waals surface area contributed by atoms with Crippen molar-refractivity contribution in [2.45, 2.75) is 13.8 Å². The van der Waals surface area contributed by atoms with E-state index in [1.54, 1.807) is 30.3 Å². The van der Waals surface area contributed by atoms with E-state index in [1.807, 2.05) is 6.08 Å². The average Bonchev–Trinajstić information content (AvgIpc) is 2.26. The van der Waals surface area contributed by atoms with Crippen LogP contribution >= 0.6 is 0 Å². The first-order valence-corrected chi connectivity index (χ1v) is 5.20. The smallest absolute Gasteiger partial charge is 0.302 e. The molecule has 0 bridgehead atoms. The van der Waals surface area contributed by atoms with Gasteiger partial charge in [0.15, 0.2) is 0 Å². The number of hydrogen-bond acceptors (Lipinski definition) is 4. The van der Waals surface area contributed by atoms with Crippen molar-refractivity contribution in [2.24, 2.45) is 0 Å². The van der Waals surface area contributed by atoms with Gasteiger partial charge in [-0.15, -0.1) is 0 Å². The Labute approximate surface area is 105 Å². The molecule has 0 aliphatic heterocycles. The molecule has 0 unspecified atom stereocenters. The van der Waals surface area contributed by atoms with E-state index in [1.165, 1.54) is 6.92 Å². The normalized spacial score (nSPS) is 9.44. The highest BCUT2D eigenvalue weighted by Crippen LogP contribution is 2.10. The van der Waals surface area contributed by atoms with E-state index in [9.17, 15) is 4.79 Å². The summed E-state index contributed by atoms with van der Waals surface area (Å²) in [6.45, 7) is 2.73. The van der Waals surface area contributed by atoms with Crippen molar-refractivity contribution in [3.05, 3.63) is 35.9 Å². The maximum Gasteiger partial charge on any atom is 0.302 e. The second-order valence-electron chi connectivity index (χ2n) is 3.32. The topological polar surface area (TPSA) is 83.8 Å². The van der Waals surface area contributed by atoms with Crippen molar-refractivity contribution in [2.75, 3.05) is 6.61 Å². The number of hydrogen-bond donors (Lipinski definition) is 2. The molecule has 98 valence electrons. The Bertz CT molecular complexity index is 402. The molecular formula is C13H16O5. The van der Waals surface area contributed by atoms with Crippen LogP contribution in [0.25, 0.3) is 6.08 Å². The number of carbonyl (C=O) groups excluding carboxylic acids is 1. The molecule has 1 aromatic rings. The molecule has 0 amide bonds. The monoisotopic (exact) mass is 252 g/mol. The molecule has 0 atom stereocenters. The minimum atomic E-state index is -0.833. The second kappa shape index (κ2) is 8.81. The van der Waals surface area contributed by atoms with Crippen LogP contribution in [0.5, 0.6) is 5.75 Å². The maximum absolute atomic E-state index is 10.4. The summed E-state index contributed by atoms with van der Waals surface area (Å²) in [7, 11) is 0. The number of carboxylic acid groups (broad SMARTS) is 1. The molecule has 0 aliphatic carbocycles. The third kappa shape index (κ3) is 10.2. The number of rotatable bonds is 3. The number of carbonyl (C=O) groups is 2. The van der Waals surface area contributed by atoms with Crippen molar-refractivity contribution in [1.29, 1.82) is 0 Å². The first-order chi connectivity index (χ1) is 8.41. The Kier molecular flexibility index (Phi) is 7.68. The van der Waals surface area contributed by atoms with E-state index in [0.717, 1.165) is 12.5 Å². The average molecular weight is 252 g/mol. The van der Waals surface area contributed by atoms with Gasteiger partial charge in [0.05, 0.1) is 0 Å². The molecular weight excluding hydrogens is 236 g/mol. The Morgan fingerprint density at radius 2 is 1.72 bits per heavy atom. The Morgan fingerprint density at radius 1 is 1.22 bits per heavy atom. The van der Waals surface area contributed by atoms with Gasteiger partial charge in [-0.05, 0) is 23.8 Å². The van der Waals surface area contributed by atoms with Crippen LogP contribution in [0.15, 0.2) is 30.3 Å². The highest BCUT2D eigenvalue weighted by molar-refractivity contribution is 5.66. The Morgan fingerprint density at radius 3 is 2.17 bits per heavy atom. The number of benzene rings is 1. The molecule has 0 saturated heterocycles. The summed E-state index contributed by atoms with van der Waals surface area (Å²) in [6, 6.07) is 6.76. The molecule has 0 heterocycles. The van der Waals surface area contributed by atoms with Crippen molar-refractivity contribution >= 4 is 18.0 Å². The number of phenols is 1. The summed E-state index contributed by atoms with van der Waals surface area (Å²) < 4.78 is 4.71. The fourth-order valence-electron chi connectivity index (χ4n) is 0.935. The van der Waals surface area contributed by atoms with E-state index < -0.39 is 5.97 Å². The lowest BCUT2D eigenvalue weighted by Crippen LogP contribution is -1.97. The van der Waals surface area contributed by atoms with Gasteiger partial charge in [-0.25, -0.2) is 0 Å². The summed E-state index contributed by atoms with van der Waals surface area (Å²) in [6.07, 6.45) is 3.57. The zero-order chi connectivity index (χ0) is 14.0. The Hall–Kier alpha value is -2.30. The number of aromatic hydroxyl groups is 1. The van der Waals surface area contributed by atoms with Crippen molar-refractivity contribution in [3.8, 4) is 5.75 Å². The number of esters is 1. The lowest BCUT2D eigenvalue weighted by atomic mass is 10.2. The predicted molar refractivity (Wildman–Crippen MR) is 67.1 cm³/mol. The van der Waals surface area contributed by atoms with Gasteiger partial charge in [0, 0.05) is 13.8 Å². The van der Waals surface area contributed by atoms with Gasteiger partial charge in [-0.1, -0.05) is 18.2 Å². The fraction of sp³-hybridized carbons (Fsp3) is 0.231. The van der Waals surface area contributed by atoms with Crippen LogP contribution in [0.2, 0.25) is 0 Å². The van der Waals surface area contributed by atoms with E-state index >= 15 is 0 Å². The van der Waals surface area contributed by atoms with Gasteiger partial charge in [-0.2, -0.15) is 0 Å². The van der Waals surface area contributed by atoms with Crippen LogP contribution in [0, 0.1) is 0 Å². The highest BCUT2D eigenvalue weighted by Gasteiger charge is 1.89. The van der Waals surface area contributed by atoms with Crippen LogP contribution in [0.4, 0.5) is 0 Å². The van der Waals surface area contributed by atoms with Gasteiger partial charge in [-0.3, -0.25) is 9.59 Å². The molecule has 0 aliphatic rings. The molecule has 18 heavy (non-hydrogen) atoms. The molecule has 5 heteroatoms. The van der Waals surface area contributed by atoms with Crippen LogP contribution in [-0.4, -0.2) is 28.8 Å². The van der Waals surface area contributed by atoms with E-state index in [-0.39, 0.29) is 18.3 Å². The number of aliphatic carboxylic acids is 1. The summed E-state index contributed by atoms with van der Waals surface area (Å²) in [5.74, 6) is -0.887. The van der Waals surface area contributed by atoms with Crippen LogP contribution in [-0.2, 0) is 14.3 Å². The van der Waals surface area contributed by atoms with Gasteiger partial charge < -0.3 is 14.9 Å². The molecule has 5 nitrogen and oxygen atoms in total. The van der Waals surface area contributed by atoms with Crippen LogP contribution in [0.3, 0.4) is 0 Å². The third-order valence-electron chi connectivity index (χ3n) is 1.59. The summed E-state index contributed by atoms with van der Waals surface area (Å²) in [4.78, 5) is 19.4. The highest BCUT2D eigenvalue weighted by atomic mass is 16.5. The standard InChI is InChI=1S/C11H12O3.C2H4O2/c1-9(12)14-8-2-3-10-4-6-11(13)7-5-10;1-2(3)4/h2-7,13H,8H2,1H3;1H3,(H,3,4). The number of carboxylic acids is 1. The van der Waals surface area contributed by atoms with Gasteiger partial charge in [0.25, 0.3) is 5.97 Å². The summed E-state index contributed by atoms with van der Waals surface area (Å²) >= 11 is 0. The lowest BCUT2D eigenvalue weighted by molar-refractivity contribution is -0.139.